The van der Waals surface area contributed by atoms with Crippen LogP contribution in [0.5, 0.6) is 0 Å². The Balaban J connectivity index is 0. The quantitative estimate of drug-likeness (QED) is 0.373. The Bertz CT molecular complexity index is 250. The molecule has 0 fully saturated rings. The molecule has 0 rings (SSSR count). The van der Waals surface area contributed by atoms with Crippen LogP contribution in [0.15, 0.2) is 12.2 Å². The summed E-state index contributed by atoms with van der Waals surface area (Å²) in [5, 5.41) is 9.40. The van der Waals surface area contributed by atoms with Gasteiger partial charge in [0.1, 0.15) is 0 Å². The van der Waals surface area contributed by atoms with E-state index in [2.05, 4.69) is 27.7 Å². The number of carboxylic acids is 1. The summed E-state index contributed by atoms with van der Waals surface area (Å²) in [4.78, 5) is 9.40. The van der Waals surface area contributed by atoms with Crippen molar-refractivity contribution in [3.8, 4) is 0 Å². The van der Waals surface area contributed by atoms with Crippen molar-refractivity contribution < 1.29 is 14.4 Å². The van der Waals surface area contributed by atoms with E-state index in [4.69, 9.17) is 0 Å². The first kappa shape index (κ1) is 24.4. The van der Waals surface area contributed by atoms with Crippen LogP contribution in [-0.2, 0) is 4.79 Å². The number of carbonyl (C=O) groups excluding carboxylic acids is 1. The van der Waals surface area contributed by atoms with E-state index >= 15 is 0 Å². The fourth-order valence-electron chi connectivity index (χ4n) is 2.78. The van der Waals surface area contributed by atoms with Crippen molar-refractivity contribution in [3.63, 3.8) is 0 Å². The number of hydrogen-bond donors (Lipinski definition) is 0. The number of unbranched alkanes of at least 4 members (excludes halogenated alkanes) is 4. The van der Waals surface area contributed by atoms with Crippen LogP contribution in [0.25, 0.3) is 0 Å². The standard InChI is InChI=1S/C16H36N.C4H6O2/c1-5-9-13-17(14-10-6-2,15-11-7-3)16-12-8-4;1-2-3-4(5)6/h5-16H2,1-4H3;2-3H,1H3,(H,5,6)/q+1;/p-1/b;3-2+. The van der Waals surface area contributed by atoms with Crippen molar-refractivity contribution in [2.24, 2.45) is 0 Å². The lowest BCUT2D eigenvalue weighted by molar-refractivity contribution is -0.929. The van der Waals surface area contributed by atoms with E-state index in [1.54, 1.807) is 6.92 Å². The Kier molecular flexibility index (Phi) is 18.6. The molecule has 0 atom stereocenters. The van der Waals surface area contributed by atoms with Gasteiger partial charge in [-0.2, -0.15) is 0 Å². The molecule has 0 spiro atoms. The van der Waals surface area contributed by atoms with Gasteiger partial charge in [-0.1, -0.05) is 59.5 Å². The largest absolute Gasteiger partial charge is 0.545 e. The van der Waals surface area contributed by atoms with Gasteiger partial charge < -0.3 is 14.4 Å². The summed E-state index contributed by atoms with van der Waals surface area (Å²) in [6, 6.07) is 0. The van der Waals surface area contributed by atoms with Gasteiger partial charge in [0.2, 0.25) is 0 Å². The third-order valence-corrected chi connectivity index (χ3v) is 4.25. The van der Waals surface area contributed by atoms with Crippen molar-refractivity contribution in [1.29, 1.82) is 0 Å². The second-order valence-corrected chi connectivity index (χ2v) is 6.47. The van der Waals surface area contributed by atoms with E-state index in [-0.39, 0.29) is 0 Å². The summed E-state index contributed by atoms with van der Waals surface area (Å²) in [6.45, 7) is 16.6. The molecule has 0 heterocycles. The van der Waals surface area contributed by atoms with Gasteiger partial charge in [-0.3, -0.25) is 0 Å². The first-order valence-corrected chi connectivity index (χ1v) is 9.70. The number of allylic oxidation sites excluding steroid dienone is 1. The SMILES string of the molecule is C/C=C/C(=O)[O-].CCCC[N+](CCCC)(CCCC)CCCC. The molecular formula is C20H41NO2. The summed E-state index contributed by atoms with van der Waals surface area (Å²) < 4.78 is 1.42. The van der Waals surface area contributed by atoms with Crippen molar-refractivity contribution in [2.75, 3.05) is 26.2 Å². The van der Waals surface area contributed by atoms with Crippen molar-refractivity contribution in [1.82, 2.24) is 0 Å². The van der Waals surface area contributed by atoms with Crippen LogP contribution < -0.4 is 5.11 Å². The van der Waals surface area contributed by atoms with Gasteiger partial charge in [-0.05, 0) is 38.7 Å². The van der Waals surface area contributed by atoms with Crippen LogP contribution in [0.3, 0.4) is 0 Å². The molecule has 23 heavy (non-hydrogen) atoms. The van der Waals surface area contributed by atoms with Gasteiger partial charge in [0, 0.05) is 0 Å². The predicted molar refractivity (Wildman–Crippen MR) is 99.2 cm³/mol. The van der Waals surface area contributed by atoms with E-state index in [9.17, 15) is 9.90 Å². The molecule has 0 aliphatic heterocycles. The van der Waals surface area contributed by atoms with Crippen LogP contribution in [0.4, 0.5) is 0 Å². The molecule has 138 valence electrons. The van der Waals surface area contributed by atoms with Crippen LogP contribution in [-0.4, -0.2) is 36.6 Å². The molecule has 0 amide bonds. The molecule has 0 saturated carbocycles. The van der Waals surface area contributed by atoms with Gasteiger partial charge in [0.25, 0.3) is 0 Å². The molecule has 0 unspecified atom stereocenters. The van der Waals surface area contributed by atoms with E-state index in [1.165, 1.54) is 88.1 Å². The Morgan fingerprint density at radius 3 is 1.22 bits per heavy atom. The molecule has 3 heteroatoms. The third-order valence-electron chi connectivity index (χ3n) is 4.25. The fourth-order valence-corrected chi connectivity index (χ4v) is 2.78. The van der Waals surface area contributed by atoms with Crippen molar-refractivity contribution in [3.05, 3.63) is 12.2 Å². The second-order valence-electron chi connectivity index (χ2n) is 6.47. The second kappa shape index (κ2) is 17.5. The minimum atomic E-state index is -1.14. The molecule has 0 N–H and O–H groups in total. The molecule has 0 radical (unpaired) electrons. The first-order valence-electron chi connectivity index (χ1n) is 9.70. The highest BCUT2D eigenvalue weighted by molar-refractivity contribution is 5.77. The first-order chi connectivity index (χ1) is 11.0. The van der Waals surface area contributed by atoms with Gasteiger partial charge in [-0.15, -0.1) is 0 Å². The van der Waals surface area contributed by atoms with Gasteiger partial charge >= 0.3 is 0 Å². The van der Waals surface area contributed by atoms with Crippen molar-refractivity contribution in [2.45, 2.75) is 86.0 Å². The highest BCUT2D eigenvalue weighted by Gasteiger charge is 2.24. The number of hydrogen-bond acceptors (Lipinski definition) is 2. The molecule has 0 aliphatic carbocycles. The average Bonchev–Trinajstić information content (AvgIpc) is 2.54. The lowest BCUT2D eigenvalue weighted by Gasteiger charge is -2.39. The van der Waals surface area contributed by atoms with Gasteiger partial charge in [0.15, 0.2) is 0 Å². The Morgan fingerprint density at radius 2 is 1.09 bits per heavy atom. The normalized spacial score (nSPS) is 11.3. The Labute approximate surface area is 145 Å². The van der Waals surface area contributed by atoms with Crippen LogP contribution >= 0.6 is 0 Å². The number of rotatable bonds is 13. The molecule has 0 aromatic heterocycles. The number of nitrogens with zero attached hydrogens (tertiary/aromatic N) is 1. The Hall–Kier alpha value is -0.830. The van der Waals surface area contributed by atoms with Crippen LogP contribution in [0.1, 0.15) is 86.0 Å². The van der Waals surface area contributed by atoms with E-state index in [0.717, 1.165) is 6.08 Å². The molecule has 0 aromatic rings. The molecule has 0 bridgehead atoms. The van der Waals surface area contributed by atoms with E-state index < -0.39 is 5.97 Å². The summed E-state index contributed by atoms with van der Waals surface area (Å²) in [6.07, 6.45) is 13.4. The number of carboxylic acid groups (broad SMARTS) is 1. The Morgan fingerprint density at radius 1 is 0.783 bits per heavy atom. The summed E-state index contributed by atoms with van der Waals surface area (Å²) in [5.74, 6) is -1.14. The molecule has 0 aromatic carbocycles. The highest BCUT2D eigenvalue weighted by atomic mass is 16.4. The summed E-state index contributed by atoms with van der Waals surface area (Å²) >= 11 is 0. The van der Waals surface area contributed by atoms with Gasteiger partial charge in [-0.25, -0.2) is 0 Å². The maximum Gasteiger partial charge on any atom is 0.0786 e. The monoisotopic (exact) mass is 327 g/mol. The third kappa shape index (κ3) is 15.8. The zero-order valence-corrected chi connectivity index (χ0v) is 16.4. The zero-order valence-electron chi connectivity index (χ0n) is 16.4. The van der Waals surface area contributed by atoms with Crippen LogP contribution in [0.2, 0.25) is 0 Å². The lowest BCUT2D eigenvalue weighted by atomic mass is 10.1. The predicted octanol–water partition coefficient (Wildman–Crippen LogP) is 4.32. The minimum absolute atomic E-state index is 0.972. The molecule has 3 nitrogen and oxygen atoms in total. The average molecular weight is 328 g/mol. The summed E-state index contributed by atoms with van der Waals surface area (Å²) in [5.41, 5.74) is 0. The number of quaternary nitrogens is 1. The maximum absolute atomic E-state index is 9.40. The molecular weight excluding hydrogens is 286 g/mol. The van der Waals surface area contributed by atoms with Gasteiger partial charge in [0.05, 0.1) is 32.1 Å². The number of carbonyl (C=O) groups is 1. The maximum atomic E-state index is 9.40. The molecule has 0 aliphatic rings. The lowest BCUT2D eigenvalue weighted by Crippen LogP contribution is -2.50. The van der Waals surface area contributed by atoms with E-state index in [1.807, 2.05) is 0 Å². The minimum Gasteiger partial charge on any atom is -0.545 e. The van der Waals surface area contributed by atoms with Crippen molar-refractivity contribution >= 4 is 5.97 Å². The number of aliphatic carboxylic acids is 1. The summed E-state index contributed by atoms with van der Waals surface area (Å²) in [7, 11) is 0. The molecule has 0 saturated heterocycles. The highest BCUT2D eigenvalue weighted by Crippen LogP contribution is 2.16. The fraction of sp³-hybridized carbons (Fsp3) is 0.850. The topological polar surface area (TPSA) is 40.1 Å². The smallest absolute Gasteiger partial charge is 0.0786 e. The van der Waals surface area contributed by atoms with Crippen LogP contribution in [0, 0.1) is 0 Å². The zero-order chi connectivity index (χ0) is 18.0. The van der Waals surface area contributed by atoms with E-state index in [0.29, 0.717) is 0 Å².